The molecule has 0 saturated carbocycles. The zero-order valence-corrected chi connectivity index (χ0v) is 29.3. The van der Waals surface area contributed by atoms with Gasteiger partial charge in [-0.1, -0.05) is 24.6 Å². The van der Waals surface area contributed by atoms with Crippen LogP contribution in [0.3, 0.4) is 0 Å². The number of aryl methyl sites for hydroxylation is 1. The summed E-state index contributed by atoms with van der Waals surface area (Å²) in [7, 11) is 0. The lowest BCUT2D eigenvalue weighted by Gasteiger charge is -2.36. The lowest BCUT2D eigenvalue weighted by atomic mass is 10.1. The molecule has 0 unspecified atom stereocenters. The number of anilines is 2. The summed E-state index contributed by atoms with van der Waals surface area (Å²) in [6.07, 6.45) is -0.909. The van der Waals surface area contributed by atoms with E-state index in [2.05, 4.69) is 30.7 Å². The number of aromatic nitrogens is 6. The Morgan fingerprint density at radius 2 is 1.87 bits per heavy atom. The van der Waals surface area contributed by atoms with Crippen LogP contribution in [0.2, 0.25) is 5.02 Å². The van der Waals surface area contributed by atoms with Crippen molar-refractivity contribution >= 4 is 52.0 Å². The van der Waals surface area contributed by atoms with E-state index in [1.54, 1.807) is 11.8 Å². The molecule has 16 nitrogen and oxygen atoms in total. The number of carbonyl (C=O) groups excluding carboxylic acids is 3. The van der Waals surface area contributed by atoms with Gasteiger partial charge in [-0.3, -0.25) is 19.2 Å². The summed E-state index contributed by atoms with van der Waals surface area (Å²) in [6.45, 7) is 4.15. The van der Waals surface area contributed by atoms with E-state index in [1.165, 1.54) is 16.4 Å². The number of benzene rings is 1. The van der Waals surface area contributed by atoms with E-state index >= 15 is 0 Å². The number of aromatic hydroxyl groups is 1. The Kier molecular flexibility index (Phi) is 10.7. The lowest BCUT2D eigenvalue weighted by molar-refractivity contribution is -0.137. The number of rotatable bonds is 9. The predicted molar refractivity (Wildman–Crippen MR) is 185 cm³/mol. The number of nitrogens with zero attached hydrogens (tertiary/aromatic N) is 8. The summed E-state index contributed by atoms with van der Waals surface area (Å²) in [4.78, 5) is 68.8. The van der Waals surface area contributed by atoms with E-state index in [9.17, 15) is 37.5 Å². The molecule has 53 heavy (non-hydrogen) atoms. The minimum absolute atomic E-state index is 0.0320. The van der Waals surface area contributed by atoms with Gasteiger partial charge in [-0.05, 0) is 43.5 Å². The smallest absolute Gasteiger partial charge is 0.416 e. The monoisotopic (exact) mass is 758 g/mol. The second-order valence-corrected chi connectivity index (χ2v) is 12.6. The van der Waals surface area contributed by atoms with Crippen molar-refractivity contribution in [3.05, 3.63) is 74.4 Å². The van der Waals surface area contributed by atoms with Crippen LogP contribution in [-0.2, 0) is 33.5 Å². The molecule has 0 bridgehead atoms. The van der Waals surface area contributed by atoms with E-state index < -0.39 is 41.6 Å². The van der Waals surface area contributed by atoms with Gasteiger partial charge in [-0.25, -0.2) is 9.97 Å². The van der Waals surface area contributed by atoms with E-state index in [1.807, 2.05) is 6.08 Å². The fourth-order valence-electron chi connectivity index (χ4n) is 6.09. The van der Waals surface area contributed by atoms with Crippen LogP contribution < -0.4 is 21.1 Å². The van der Waals surface area contributed by atoms with Gasteiger partial charge in [0.1, 0.15) is 18.6 Å². The highest BCUT2D eigenvalue weighted by atomic mass is 35.5. The van der Waals surface area contributed by atoms with E-state index in [-0.39, 0.29) is 84.3 Å². The molecule has 4 aromatic rings. The maximum atomic E-state index is 14.2. The first-order chi connectivity index (χ1) is 25.3. The highest BCUT2D eigenvalue weighted by molar-refractivity contribution is 6.33. The number of ether oxygens (including phenoxy) is 1. The third kappa shape index (κ3) is 7.80. The van der Waals surface area contributed by atoms with Crippen molar-refractivity contribution in [1.29, 1.82) is 0 Å². The van der Waals surface area contributed by atoms with Gasteiger partial charge in [-0.15, -0.1) is 5.10 Å². The number of hydrogen-bond acceptors (Lipinski definition) is 11. The Morgan fingerprint density at radius 3 is 2.53 bits per heavy atom. The summed E-state index contributed by atoms with van der Waals surface area (Å²) in [5, 5.41) is 19.3. The first-order valence-electron chi connectivity index (χ1n) is 16.5. The van der Waals surface area contributed by atoms with Crippen molar-refractivity contribution in [3.63, 3.8) is 0 Å². The van der Waals surface area contributed by atoms with Gasteiger partial charge in [0.2, 0.25) is 17.6 Å². The Bertz CT molecular complexity index is 2180. The zero-order valence-electron chi connectivity index (χ0n) is 28.5. The summed E-state index contributed by atoms with van der Waals surface area (Å²) in [5.41, 5.74) is -0.0829. The molecule has 3 aromatic heterocycles. The Labute approximate surface area is 304 Å². The summed E-state index contributed by atoms with van der Waals surface area (Å²) < 4.78 is 47.7. The third-order valence-electron chi connectivity index (χ3n) is 8.85. The topological polar surface area (TPSA) is 189 Å². The van der Waals surface area contributed by atoms with Crippen molar-refractivity contribution in [2.75, 3.05) is 56.2 Å². The van der Waals surface area contributed by atoms with Crippen molar-refractivity contribution in [2.45, 2.75) is 39.4 Å². The highest BCUT2D eigenvalue weighted by Crippen LogP contribution is 2.34. The first kappa shape index (κ1) is 37.2. The number of amides is 3. The molecule has 1 aromatic carbocycles. The summed E-state index contributed by atoms with van der Waals surface area (Å²) >= 11 is 6.11. The van der Waals surface area contributed by atoms with Gasteiger partial charge >= 0.3 is 6.18 Å². The second kappa shape index (κ2) is 15.2. The maximum absolute atomic E-state index is 14.2. The highest BCUT2D eigenvalue weighted by Gasteiger charge is 2.32. The molecule has 2 aliphatic rings. The Balaban J connectivity index is 1.25. The van der Waals surface area contributed by atoms with Crippen molar-refractivity contribution < 1.29 is 37.4 Å². The largest absolute Gasteiger partial charge is 0.504 e. The lowest BCUT2D eigenvalue weighted by Crippen LogP contribution is -2.52. The summed E-state index contributed by atoms with van der Waals surface area (Å²) in [5.74, 6) is -1.79. The van der Waals surface area contributed by atoms with Gasteiger partial charge in [0, 0.05) is 26.2 Å². The van der Waals surface area contributed by atoms with E-state index in [0.29, 0.717) is 25.3 Å². The number of hydrogen-bond donors (Lipinski definition) is 3. The van der Waals surface area contributed by atoms with Crippen molar-refractivity contribution in [1.82, 2.24) is 39.3 Å². The van der Waals surface area contributed by atoms with Crippen LogP contribution in [0, 0.1) is 6.92 Å². The van der Waals surface area contributed by atoms with E-state index in [4.69, 9.17) is 16.3 Å². The normalized spacial score (nSPS) is 15.0. The predicted octanol–water partition coefficient (Wildman–Crippen LogP) is 2.45. The molecular formula is C33H34ClF3N10O6. The molecule has 3 amide bonds. The van der Waals surface area contributed by atoms with E-state index in [0.717, 1.165) is 34.6 Å². The quantitative estimate of drug-likeness (QED) is 0.228. The number of fused-ring (bicyclic) bond motifs is 1. The van der Waals surface area contributed by atoms with Crippen molar-refractivity contribution in [3.8, 4) is 5.75 Å². The number of alkyl halides is 3. The molecule has 1 saturated heterocycles. The molecule has 20 heteroatoms. The second-order valence-electron chi connectivity index (χ2n) is 12.2. The third-order valence-corrected chi connectivity index (χ3v) is 9.17. The van der Waals surface area contributed by atoms with Gasteiger partial charge in [0.05, 0.1) is 47.4 Å². The molecule has 6 rings (SSSR count). The summed E-state index contributed by atoms with van der Waals surface area (Å²) in [6, 6.07) is 2.60. The van der Waals surface area contributed by atoms with Crippen LogP contribution in [-0.4, -0.2) is 103 Å². The zero-order chi connectivity index (χ0) is 38.0. The van der Waals surface area contributed by atoms with Crippen LogP contribution >= 0.6 is 11.6 Å². The molecule has 2 aliphatic heterocycles. The minimum Gasteiger partial charge on any atom is -0.504 e. The average Bonchev–Trinajstić information content (AvgIpc) is 3.60. The fraction of sp³-hybridized carbons (Fsp3) is 0.394. The van der Waals surface area contributed by atoms with Crippen LogP contribution in [0.15, 0.2) is 35.4 Å². The number of nitrogens with one attached hydrogen (secondary N) is 2. The van der Waals surface area contributed by atoms with Crippen LogP contribution in [0.1, 0.15) is 46.6 Å². The molecule has 1 fully saturated rings. The van der Waals surface area contributed by atoms with Crippen LogP contribution in [0.5, 0.6) is 5.75 Å². The average molecular weight is 759 g/mol. The SMILES string of the molecule is CCc1c(N2CCN(C(=O)CNC(=O)c3ncnc(C)c3O)CC2)c(=O)n2nc(C3=CCOCC3)nc2n1CC(=O)Nc1ccc(C(F)(F)F)cc1Cl. The molecule has 0 radical (unpaired) electrons. The molecule has 0 aliphatic carbocycles. The van der Waals surface area contributed by atoms with Crippen LogP contribution in [0.25, 0.3) is 11.4 Å². The van der Waals surface area contributed by atoms with Crippen LogP contribution in [0.4, 0.5) is 24.5 Å². The Morgan fingerprint density at radius 1 is 1.11 bits per heavy atom. The molecule has 280 valence electrons. The molecular weight excluding hydrogens is 725 g/mol. The van der Waals surface area contributed by atoms with Gasteiger partial charge < -0.3 is 34.8 Å². The number of carbonyl (C=O) groups is 3. The molecule has 0 atom stereocenters. The van der Waals surface area contributed by atoms with Gasteiger partial charge in [0.25, 0.3) is 11.5 Å². The molecule has 0 spiro atoms. The number of piperazine rings is 1. The van der Waals surface area contributed by atoms with Gasteiger partial charge in [-0.2, -0.15) is 22.7 Å². The molecule has 3 N–H and O–H groups in total. The maximum Gasteiger partial charge on any atom is 0.416 e. The fourth-order valence-corrected chi connectivity index (χ4v) is 6.31. The van der Waals surface area contributed by atoms with Crippen molar-refractivity contribution in [2.24, 2.45) is 0 Å². The Hall–Kier alpha value is -5.56. The minimum atomic E-state index is -4.62. The number of halogens is 4. The standard InChI is InChI=1S/C33H34ClF3N10O6/c1-3-23-27(45-10-8-44(9-11-45)25(49)15-38-30(51)26-28(50)18(2)39-17-40-26)31(52)47-32(42-29(43-47)19-6-12-53-13-7-19)46(23)16-24(48)41-22-5-4-20(14-21(22)34)33(35,36)37/h4-6,14,17,50H,3,7-13,15-16H2,1-2H3,(H,38,51)(H,41,48). The first-order valence-corrected chi connectivity index (χ1v) is 16.9. The van der Waals surface area contributed by atoms with Gasteiger partial charge in [0.15, 0.2) is 17.3 Å². The molecule has 5 heterocycles.